The fourth-order valence-corrected chi connectivity index (χ4v) is 11.1. The van der Waals surface area contributed by atoms with Crippen molar-refractivity contribution in [2.45, 2.75) is 142 Å². The van der Waals surface area contributed by atoms with Crippen molar-refractivity contribution >= 4 is 23.2 Å². The Balaban J connectivity index is 0.00000833. The first-order valence-corrected chi connectivity index (χ1v) is 21.7. The van der Waals surface area contributed by atoms with E-state index in [-0.39, 0.29) is 23.3 Å². The largest absolute Gasteiger partial charge is 1.00 e. The molecule has 3 aromatic carbocycles. The summed E-state index contributed by atoms with van der Waals surface area (Å²) < 4.78 is 12.5. The molecule has 0 aliphatic heterocycles. The van der Waals surface area contributed by atoms with E-state index in [4.69, 9.17) is 9.47 Å². The number of ether oxygens (including phenoxy) is 2. The SMILES string of the molecule is CCCCCCCCOC(CCCCC/C=C/CCC[P+](c1ccccc1)(c1ccccc1)c1ccccc1)OCCCCCCCC.[Br-]. The van der Waals surface area contributed by atoms with Crippen molar-refractivity contribution in [1.29, 1.82) is 0 Å². The van der Waals surface area contributed by atoms with Crippen LogP contribution in [0.3, 0.4) is 0 Å². The normalized spacial score (nSPS) is 11.7. The van der Waals surface area contributed by atoms with E-state index < -0.39 is 7.26 Å². The molecule has 0 spiro atoms. The molecule has 0 bridgehead atoms. The third-order valence-corrected chi connectivity index (χ3v) is 14.1. The Labute approximate surface area is 313 Å². The minimum absolute atomic E-state index is 0. The van der Waals surface area contributed by atoms with E-state index in [9.17, 15) is 0 Å². The lowest BCUT2D eigenvalue weighted by Crippen LogP contribution is -3.00. The average Bonchev–Trinajstić information content (AvgIpc) is 3.14. The van der Waals surface area contributed by atoms with E-state index >= 15 is 0 Å². The van der Waals surface area contributed by atoms with Crippen LogP contribution in [0.2, 0.25) is 0 Å². The second kappa shape index (κ2) is 28.9. The van der Waals surface area contributed by atoms with Crippen molar-refractivity contribution in [1.82, 2.24) is 0 Å². The van der Waals surface area contributed by atoms with Crippen LogP contribution in [0.15, 0.2) is 103 Å². The lowest BCUT2D eigenvalue weighted by atomic mass is 10.1. The molecule has 0 aliphatic rings. The molecule has 0 amide bonds. The van der Waals surface area contributed by atoms with Crippen LogP contribution in [-0.4, -0.2) is 25.7 Å². The standard InChI is InChI=1S/C45H68O2P.BrH/c1-3-5-7-9-16-29-39-46-45(47-40-30-17-10-8-6-4-2)38-28-15-13-11-12-14-18-31-41-48(42-32-22-19-23-33-42,43-34-24-20-25-35-43)44-36-26-21-27-37-44;/h12,14,19-27,32-37,45H,3-11,13,15-18,28-31,38-41H2,1-2H3;1H/q+1;/p-1/b14-12+;. The molecular formula is C45H68BrO2P. The van der Waals surface area contributed by atoms with Gasteiger partial charge in [-0.1, -0.05) is 151 Å². The monoisotopic (exact) mass is 750 g/mol. The zero-order valence-electron chi connectivity index (χ0n) is 31.1. The number of rotatable bonds is 29. The van der Waals surface area contributed by atoms with Crippen LogP contribution < -0.4 is 32.9 Å². The summed E-state index contributed by atoms with van der Waals surface area (Å²) in [5.41, 5.74) is 0. The maximum atomic E-state index is 6.26. The number of halogens is 1. The molecule has 4 heteroatoms. The Morgan fingerprint density at radius 2 is 0.857 bits per heavy atom. The van der Waals surface area contributed by atoms with Crippen LogP contribution in [0, 0.1) is 0 Å². The number of unbranched alkanes of at least 4 members (excludes halogenated alkanes) is 14. The predicted molar refractivity (Wildman–Crippen MR) is 214 cm³/mol. The molecule has 0 fully saturated rings. The van der Waals surface area contributed by atoms with Crippen LogP contribution in [-0.2, 0) is 9.47 Å². The second-order valence-corrected chi connectivity index (χ2v) is 17.1. The van der Waals surface area contributed by atoms with Gasteiger partial charge in [0.25, 0.3) is 0 Å². The molecule has 0 heterocycles. The predicted octanol–water partition coefficient (Wildman–Crippen LogP) is 9.35. The molecule has 0 unspecified atom stereocenters. The van der Waals surface area contributed by atoms with Crippen molar-refractivity contribution < 1.29 is 26.5 Å². The van der Waals surface area contributed by atoms with Crippen LogP contribution in [0.25, 0.3) is 0 Å². The third-order valence-electron chi connectivity index (χ3n) is 9.54. The molecule has 0 aromatic heterocycles. The summed E-state index contributed by atoms with van der Waals surface area (Å²) in [6.07, 6.45) is 29.8. The van der Waals surface area contributed by atoms with Gasteiger partial charge >= 0.3 is 0 Å². The van der Waals surface area contributed by atoms with E-state index in [0.29, 0.717) is 0 Å². The summed E-state index contributed by atoms with van der Waals surface area (Å²) >= 11 is 0. The van der Waals surface area contributed by atoms with Crippen LogP contribution in [0.1, 0.15) is 136 Å². The summed E-state index contributed by atoms with van der Waals surface area (Å²) in [4.78, 5) is 0. The fraction of sp³-hybridized carbons (Fsp3) is 0.556. The zero-order chi connectivity index (χ0) is 33.8. The van der Waals surface area contributed by atoms with Crippen molar-refractivity contribution in [3.8, 4) is 0 Å². The Bertz CT molecular complexity index is 1060. The molecule has 2 nitrogen and oxygen atoms in total. The quantitative estimate of drug-likeness (QED) is 0.0305. The van der Waals surface area contributed by atoms with E-state index in [1.807, 2.05) is 0 Å². The number of benzene rings is 3. The molecule has 3 rings (SSSR count). The van der Waals surface area contributed by atoms with Gasteiger partial charge in [-0.2, -0.15) is 0 Å². The van der Waals surface area contributed by atoms with Crippen molar-refractivity contribution in [2.24, 2.45) is 0 Å². The van der Waals surface area contributed by atoms with Crippen molar-refractivity contribution in [2.75, 3.05) is 19.4 Å². The van der Waals surface area contributed by atoms with Crippen molar-refractivity contribution in [3.63, 3.8) is 0 Å². The first-order chi connectivity index (χ1) is 23.8. The lowest BCUT2D eigenvalue weighted by molar-refractivity contribution is -0.148. The maximum absolute atomic E-state index is 6.26. The average molecular weight is 752 g/mol. The summed E-state index contributed by atoms with van der Waals surface area (Å²) in [6, 6.07) is 33.8. The molecule has 3 aromatic rings. The second-order valence-electron chi connectivity index (χ2n) is 13.5. The number of hydrogen-bond acceptors (Lipinski definition) is 2. The molecule has 0 N–H and O–H groups in total. The Morgan fingerprint density at radius 1 is 0.469 bits per heavy atom. The van der Waals surface area contributed by atoms with E-state index in [2.05, 4.69) is 117 Å². The van der Waals surface area contributed by atoms with Gasteiger partial charge in [-0.3, -0.25) is 0 Å². The molecule has 0 radical (unpaired) electrons. The zero-order valence-corrected chi connectivity index (χ0v) is 33.6. The third kappa shape index (κ3) is 17.3. The lowest BCUT2D eigenvalue weighted by Gasteiger charge is -2.27. The van der Waals surface area contributed by atoms with Gasteiger partial charge in [0.05, 0.1) is 6.16 Å². The smallest absolute Gasteiger partial charge is 0.157 e. The molecule has 0 saturated carbocycles. The van der Waals surface area contributed by atoms with Gasteiger partial charge in [-0.15, -0.1) is 0 Å². The first kappa shape index (κ1) is 43.4. The Morgan fingerprint density at radius 3 is 1.31 bits per heavy atom. The summed E-state index contributed by atoms with van der Waals surface area (Å²) in [5, 5.41) is 4.45. The Hall–Kier alpha value is -1.77. The van der Waals surface area contributed by atoms with Crippen molar-refractivity contribution in [3.05, 3.63) is 103 Å². The van der Waals surface area contributed by atoms with Gasteiger partial charge in [0.2, 0.25) is 0 Å². The first-order valence-electron chi connectivity index (χ1n) is 19.7. The van der Waals surface area contributed by atoms with Gasteiger partial charge < -0.3 is 26.5 Å². The van der Waals surface area contributed by atoms with Crippen LogP contribution in [0.4, 0.5) is 0 Å². The molecule has 0 atom stereocenters. The topological polar surface area (TPSA) is 18.5 Å². The highest BCUT2D eigenvalue weighted by molar-refractivity contribution is 7.95. The maximum Gasteiger partial charge on any atom is 0.157 e. The summed E-state index contributed by atoms with van der Waals surface area (Å²) in [6.45, 7) is 6.25. The molecule has 0 saturated heterocycles. The van der Waals surface area contributed by atoms with Gasteiger partial charge in [-0.25, -0.2) is 0 Å². The summed E-state index contributed by atoms with van der Waals surface area (Å²) in [5.74, 6) is 0. The van der Waals surface area contributed by atoms with Gasteiger partial charge in [0.15, 0.2) is 6.29 Å². The molecule has 272 valence electrons. The molecular weight excluding hydrogens is 683 g/mol. The number of allylic oxidation sites excluding steroid dienone is 2. The highest BCUT2D eigenvalue weighted by Gasteiger charge is 2.44. The Kier molecular flexibility index (Phi) is 25.6. The van der Waals surface area contributed by atoms with Gasteiger partial charge in [-0.05, 0) is 87.8 Å². The molecule has 0 aliphatic carbocycles. The minimum atomic E-state index is -1.73. The highest BCUT2D eigenvalue weighted by Crippen LogP contribution is 2.55. The van der Waals surface area contributed by atoms with E-state index in [0.717, 1.165) is 45.3 Å². The van der Waals surface area contributed by atoms with Gasteiger partial charge in [0, 0.05) is 13.2 Å². The number of hydrogen-bond donors (Lipinski definition) is 0. The van der Waals surface area contributed by atoms with E-state index in [1.165, 1.54) is 112 Å². The highest BCUT2D eigenvalue weighted by atomic mass is 79.9. The van der Waals surface area contributed by atoms with E-state index in [1.54, 1.807) is 0 Å². The summed E-state index contributed by atoms with van der Waals surface area (Å²) in [7, 11) is -1.73. The van der Waals surface area contributed by atoms with Crippen LogP contribution in [0.5, 0.6) is 0 Å². The fourth-order valence-electron chi connectivity index (χ4n) is 6.72. The van der Waals surface area contributed by atoms with Crippen LogP contribution >= 0.6 is 7.26 Å². The molecule has 49 heavy (non-hydrogen) atoms. The minimum Gasteiger partial charge on any atom is -1.00 e. The van der Waals surface area contributed by atoms with Gasteiger partial charge in [0.1, 0.15) is 23.2 Å².